The SMILES string of the molecule is CC1Oc2ccc(CN(C)CC(=O)Nc3ccccc3)cc2NC1=O. The summed E-state index contributed by atoms with van der Waals surface area (Å²) in [6.07, 6.45) is -0.484. The van der Waals surface area contributed by atoms with Crippen molar-refractivity contribution in [2.45, 2.75) is 19.6 Å². The third kappa shape index (κ3) is 4.36. The van der Waals surface area contributed by atoms with Crippen molar-refractivity contribution >= 4 is 23.2 Å². The summed E-state index contributed by atoms with van der Waals surface area (Å²) in [5, 5.41) is 5.70. The molecule has 130 valence electrons. The first-order chi connectivity index (χ1) is 12.0. The van der Waals surface area contributed by atoms with Crippen LogP contribution in [0, 0.1) is 0 Å². The van der Waals surface area contributed by atoms with Crippen LogP contribution in [0.1, 0.15) is 12.5 Å². The molecule has 1 aliphatic rings. The van der Waals surface area contributed by atoms with Crippen molar-refractivity contribution in [3.63, 3.8) is 0 Å². The Labute approximate surface area is 146 Å². The zero-order valence-corrected chi connectivity index (χ0v) is 14.3. The van der Waals surface area contributed by atoms with Crippen LogP contribution in [0.15, 0.2) is 48.5 Å². The van der Waals surface area contributed by atoms with E-state index in [2.05, 4.69) is 10.6 Å². The van der Waals surface area contributed by atoms with E-state index in [0.717, 1.165) is 11.3 Å². The van der Waals surface area contributed by atoms with Crippen LogP contribution in [0.3, 0.4) is 0 Å². The first kappa shape index (κ1) is 17.0. The number of likely N-dealkylation sites (N-methyl/N-ethyl adjacent to an activating group) is 1. The largest absolute Gasteiger partial charge is 0.479 e. The molecule has 2 amide bonds. The van der Waals surface area contributed by atoms with Gasteiger partial charge in [0.15, 0.2) is 6.10 Å². The molecule has 0 saturated heterocycles. The molecule has 2 aromatic carbocycles. The second-order valence-corrected chi connectivity index (χ2v) is 6.17. The molecule has 25 heavy (non-hydrogen) atoms. The van der Waals surface area contributed by atoms with Crippen LogP contribution in [0.5, 0.6) is 5.75 Å². The van der Waals surface area contributed by atoms with Crippen LogP contribution in [0.2, 0.25) is 0 Å². The van der Waals surface area contributed by atoms with Crippen molar-refractivity contribution in [1.29, 1.82) is 0 Å². The van der Waals surface area contributed by atoms with Crippen molar-refractivity contribution in [3.8, 4) is 5.75 Å². The fourth-order valence-corrected chi connectivity index (χ4v) is 2.69. The number of nitrogens with zero attached hydrogens (tertiary/aromatic N) is 1. The average Bonchev–Trinajstić information content (AvgIpc) is 2.57. The molecule has 3 rings (SSSR count). The molecule has 0 radical (unpaired) electrons. The summed E-state index contributed by atoms with van der Waals surface area (Å²) in [6, 6.07) is 15.0. The number of amides is 2. The lowest BCUT2D eigenvalue weighted by Crippen LogP contribution is -2.34. The number of carbonyl (C=O) groups excluding carboxylic acids is 2. The van der Waals surface area contributed by atoms with E-state index >= 15 is 0 Å². The summed E-state index contributed by atoms with van der Waals surface area (Å²) in [4.78, 5) is 25.7. The number of ether oxygens (including phenoxy) is 1. The molecule has 1 unspecified atom stereocenters. The lowest BCUT2D eigenvalue weighted by atomic mass is 10.1. The van der Waals surface area contributed by atoms with E-state index in [1.165, 1.54) is 0 Å². The second-order valence-electron chi connectivity index (χ2n) is 6.17. The van der Waals surface area contributed by atoms with Gasteiger partial charge in [0.25, 0.3) is 5.91 Å². The average molecular weight is 339 g/mol. The Morgan fingerprint density at radius 1 is 1.24 bits per heavy atom. The molecule has 1 aliphatic heterocycles. The maximum atomic E-state index is 12.1. The first-order valence-electron chi connectivity index (χ1n) is 8.15. The topological polar surface area (TPSA) is 70.7 Å². The molecule has 0 fully saturated rings. The van der Waals surface area contributed by atoms with E-state index in [1.54, 1.807) is 6.92 Å². The number of benzene rings is 2. The van der Waals surface area contributed by atoms with Crippen LogP contribution in [-0.2, 0) is 16.1 Å². The fraction of sp³-hybridized carbons (Fsp3) is 0.263. The third-order valence-corrected chi connectivity index (χ3v) is 3.90. The molecule has 2 aromatic rings. The number of rotatable bonds is 5. The number of para-hydroxylation sites is 1. The Hall–Kier alpha value is -2.86. The highest BCUT2D eigenvalue weighted by molar-refractivity contribution is 5.97. The summed E-state index contributed by atoms with van der Waals surface area (Å²) in [7, 11) is 1.88. The van der Waals surface area contributed by atoms with E-state index < -0.39 is 6.10 Å². The molecule has 0 bridgehead atoms. The van der Waals surface area contributed by atoms with Gasteiger partial charge in [0, 0.05) is 12.2 Å². The molecule has 0 spiro atoms. The van der Waals surface area contributed by atoms with Gasteiger partial charge in [-0.25, -0.2) is 0 Å². The number of nitrogens with one attached hydrogen (secondary N) is 2. The summed E-state index contributed by atoms with van der Waals surface area (Å²) in [6.45, 7) is 2.57. The first-order valence-corrected chi connectivity index (χ1v) is 8.15. The van der Waals surface area contributed by atoms with E-state index in [4.69, 9.17) is 4.74 Å². The van der Waals surface area contributed by atoms with Gasteiger partial charge in [-0.3, -0.25) is 14.5 Å². The monoisotopic (exact) mass is 339 g/mol. The maximum Gasteiger partial charge on any atom is 0.265 e. The molecular weight excluding hydrogens is 318 g/mol. The van der Waals surface area contributed by atoms with Crippen molar-refractivity contribution < 1.29 is 14.3 Å². The van der Waals surface area contributed by atoms with Crippen molar-refractivity contribution in [2.24, 2.45) is 0 Å². The Morgan fingerprint density at radius 2 is 2.00 bits per heavy atom. The highest BCUT2D eigenvalue weighted by Crippen LogP contribution is 2.30. The van der Waals surface area contributed by atoms with Gasteiger partial charge in [-0.2, -0.15) is 0 Å². The van der Waals surface area contributed by atoms with Gasteiger partial charge < -0.3 is 15.4 Å². The number of hydrogen-bond acceptors (Lipinski definition) is 4. The molecule has 6 nitrogen and oxygen atoms in total. The van der Waals surface area contributed by atoms with Crippen LogP contribution < -0.4 is 15.4 Å². The van der Waals surface area contributed by atoms with Gasteiger partial charge in [0.05, 0.1) is 12.2 Å². The number of fused-ring (bicyclic) bond motifs is 1. The minimum atomic E-state index is -0.484. The molecule has 1 heterocycles. The van der Waals surface area contributed by atoms with E-state index in [-0.39, 0.29) is 18.4 Å². The zero-order chi connectivity index (χ0) is 17.8. The zero-order valence-electron chi connectivity index (χ0n) is 14.3. The van der Waals surface area contributed by atoms with Crippen LogP contribution in [-0.4, -0.2) is 36.4 Å². The third-order valence-electron chi connectivity index (χ3n) is 3.90. The highest BCUT2D eigenvalue weighted by Gasteiger charge is 2.23. The maximum absolute atomic E-state index is 12.1. The van der Waals surface area contributed by atoms with Crippen molar-refractivity contribution in [2.75, 3.05) is 24.2 Å². The van der Waals surface area contributed by atoms with Gasteiger partial charge in [-0.15, -0.1) is 0 Å². The Balaban J connectivity index is 1.58. The van der Waals surface area contributed by atoms with Crippen molar-refractivity contribution in [1.82, 2.24) is 4.90 Å². The van der Waals surface area contributed by atoms with E-state index in [1.807, 2.05) is 60.5 Å². The van der Waals surface area contributed by atoms with E-state index in [9.17, 15) is 9.59 Å². The highest BCUT2D eigenvalue weighted by atomic mass is 16.5. The van der Waals surface area contributed by atoms with Crippen LogP contribution >= 0.6 is 0 Å². The second kappa shape index (κ2) is 7.36. The number of carbonyl (C=O) groups is 2. The molecular formula is C19H21N3O3. The number of anilines is 2. The van der Waals surface area contributed by atoms with Gasteiger partial charge in [0.1, 0.15) is 5.75 Å². The lowest BCUT2D eigenvalue weighted by molar-refractivity contribution is -0.122. The summed E-state index contributed by atoms with van der Waals surface area (Å²) in [5.74, 6) is 0.442. The lowest BCUT2D eigenvalue weighted by Gasteiger charge is -2.24. The standard InChI is InChI=1S/C19H21N3O3/c1-13-19(24)21-16-10-14(8-9-17(16)25-13)11-22(2)12-18(23)20-15-6-4-3-5-7-15/h3-10,13H,11-12H2,1-2H3,(H,20,23)(H,21,24). The summed E-state index contributed by atoms with van der Waals surface area (Å²) >= 11 is 0. The van der Waals surface area contributed by atoms with Gasteiger partial charge in [-0.1, -0.05) is 24.3 Å². The minimum absolute atomic E-state index is 0.0721. The van der Waals surface area contributed by atoms with Gasteiger partial charge in [-0.05, 0) is 43.8 Å². The Morgan fingerprint density at radius 3 is 2.76 bits per heavy atom. The van der Waals surface area contributed by atoms with Crippen LogP contribution in [0.25, 0.3) is 0 Å². The van der Waals surface area contributed by atoms with E-state index in [0.29, 0.717) is 18.0 Å². The molecule has 1 atom stereocenters. The van der Waals surface area contributed by atoms with Gasteiger partial charge in [0.2, 0.25) is 5.91 Å². The Kier molecular flexibility index (Phi) is 5.00. The molecule has 6 heteroatoms. The van der Waals surface area contributed by atoms with Gasteiger partial charge >= 0.3 is 0 Å². The summed E-state index contributed by atoms with van der Waals surface area (Å²) < 4.78 is 5.55. The minimum Gasteiger partial charge on any atom is -0.479 e. The smallest absolute Gasteiger partial charge is 0.265 e. The molecule has 0 aliphatic carbocycles. The quantitative estimate of drug-likeness (QED) is 0.878. The molecule has 0 saturated carbocycles. The fourth-order valence-electron chi connectivity index (χ4n) is 2.69. The van der Waals surface area contributed by atoms with Crippen LogP contribution in [0.4, 0.5) is 11.4 Å². The normalized spacial score (nSPS) is 16.0. The molecule has 0 aromatic heterocycles. The Bertz CT molecular complexity index is 777. The predicted octanol–water partition coefficient (Wildman–Crippen LogP) is 2.48. The predicted molar refractivity (Wildman–Crippen MR) is 96.6 cm³/mol. The van der Waals surface area contributed by atoms with Crippen molar-refractivity contribution in [3.05, 3.63) is 54.1 Å². The summed E-state index contributed by atoms with van der Waals surface area (Å²) in [5.41, 5.74) is 2.44. The molecule has 2 N–H and O–H groups in total. The number of hydrogen-bond donors (Lipinski definition) is 2.